The first-order chi connectivity index (χ1) is 9.74. The van der Waals surface area contributed by atoms with Crippen LogP contribution in [0.2, 0.25) is 0 Å². The van der Waals surface area contributed by atoms with Crippen LogP contribution in [0.15, 0.2) is 24.3 Å². The number of carbonyl (C=O) groups is 1. The molecule has 1 saturated carbocycles. The first-order valence-corrected chi connectivity index (χ1v) is 7.88. The van der Waals surface area contributed by atoms with Gasteiger partial charge in [0, 0.05) is 18.3 Å². The second-order valence-corrected chi connectivity index (χ2v) is 5.69. The van der Waals surface area contributed by atoms with Gasteiger partial charge in [0.15, 0.2) is 0 Å². The average Bonchev–Trinajstić information content (AvgIpc) is 2.48. The molecule has 0 bridgehead atoms. The lowest BCUT2D eigenvalue weighted by Crippen LogP contribution is -2.38. The van der Waals surface area contributed by atoms with Crippen LogP contribution >= 0.6 is 0 Å². The van der Waals surface area contributed by atoms with Crippen LogP contribution in [0.4, 0.5) is 5.69 Å². The highest BCUT2D eigenvalue weighted by Crippen LogP contribution is 2.27. The van der Waals surface area contributed by atoms with Crippen LogP contribution in [-0.2, 0) is 0 Å². The third-order valence-electron chi connectivity index (χ3n) is 4.23. The number of hydrogen-bond donors (Lipinski definition) is 2. The van der Waals surface area contributed by atoms with Gasteiger partial charge >= 0.3 is 0 Å². The summed E-state index contributed by atoms with van der Waals surface area (Å²) >= 11 is 0. The van der Waals surface area contributed by atoms with Crippen LogP contribution in [0.25, 0.3) is 0 Å². The van der Waals surface area contributed by atoms with Gasteiger partial charge < -0.3 is 10.6 Å². The zero-order valence-corrected chi connectivity index (χ0v) is 12.6. The van der Waals surface area contributed by atoms with E-state index in [1.807, 2.05) is 31.2 Å². The molecule has 1 fully saturated rings. The van der Waals surface area contributed by atoms with Gasteiger partial charge in [0.25, 0.3) is 5.91 Å². The van der Waals surface area contributed by atoms with Crippen molar-refractivity contribution < 1.29 is 4.79 Å². The Morgan fingerprint density at radius 1 is 1.25 bits per heavy atom. The lowest BCUT2D eigenvalue weighted by atomic mass is 9.84. The Balaban J connectivity index is 2.01. The monoisotopic (exact) mass is 274 g/mol. The zero-order valence-electron chi connectivity index (χ0n) is 12.6. The largest absolute Gasteiger partial charge is 0.385 e. The van der Waals surface area contributed by atoms with Gasteiger partial charge in [0.2, 0.25) is 0 Å². The average molecular weight is 274 g/mol. The summed E-state index contributed by atoms with van der Waals surface area (Å²) in [7, 11) is 0. The summed E-state index contributed by atoms with van der Waals surface area (Å²) in [5.41, 5.74) is 1.68. The van der Waals surface area contributed by atoms with Gasteiger partial charge in [0.1, 0.15) is 0 Å². The Hall–Kier alpha value is -1.51. The van der Waals surface area contributed by atoms with Crippen molar-refractivity contribution in [1.29, 1.82) is 0 Å². The molecule has 1 aliphatic rings. The molecule has 0 radical (unpaired) electrons. The van der Waals surface area contributed by atoms with E-state index < -0.39 is 0 Å². The van der Waals surface area contributed by atoms with Gasteiger partial charge in [0.05, 0.1) is 5.56 Å². The summed E-state index contributed by atoms with van der Waals surface area (Å²) < 4.78 is 0. The molecule has 0 aliphatic heterocycles. The molecule has 0 heterocycles. The predicted molar refractivity (Wildman–Crippen MR) is 84.1 cm³/mol. The minimum Gasteiger partial charge on any atom is -0.385 e. The van der Waals surface area contributed by atoms with E-state index >= 15 is 0 Å². The molecule has 1 amide bonds. The third-order valence-corrected chi connectivity index (χ3v) is 4.23. The lowest BCUT2D eigenvalue weighted by molar-refractivity contribution is 0.0920. The fraction of sp³-hybridized carbons (Fsp3) is 0.588. The molecule has 3 heteroatoms. The quantitative estimate of drug-likeness (QED) is 0.857. The summed E-state index contributed by atoms with van der Waals surface area (Å²) in [6.07, 6.45) is 6.02. The van der Waals surface area contributed by atoms with Crippen LogP contribution in [0.5, 0.6) is 0 Å². The maximum atomic E-state index is 12.5. The first kappa shape index (κ1) is 14.9. The smallest absolute Gasteiger partial charge is 0.253 e. The Morgan fingerprint density at radius 2 is 2.05 bits per heavy atom. The van der Waals surface area contributed by atoms with Crippen LogP contribution < -0.4 is 10.6 Å². The van der Waals surface area contributed by atoms with Crippen molar-refractivity contribution in [2.24, 2.45) is 5.92 Å². The van der Waals surface area contributed by atoms with Gasteiger partial charge in [-0.05, 0) is 37.8 Å². The number of rotatable bonds is 5. The Labute approximate surface area is 122 Å². The molecule has 0 aromatic heterocycles. The van der Waals surface area contributed by atoms with E-state index in [2.05, 4.69) is 17.6 Å². The predicted octanol–water partition coefficient (Wildman–Crippen LogP) is 3.82. The third kappa shape index (κ3) is 3.75. The summed E-state index contributed by atoms with van der Waals surface area (Å²) in [6, 6.07) is 8.09. The molecule has 2 rings (SSSR count). The lowest BCUT2D eigenvalue weighted by Gasteiger charge is -2.29. The maximum absolute atomic E-state index is 12.5. The van der Waals surface area contributed by atoms with Crippen molar-refractivity contribution >= 4 is 11.6 Å². The minimum absolute atomic E-state index is 0.0586. The molecule has 1 aliphatic carbocycles. The minimum atomic E-state index is 0.0586. The normalized spacial score (nSPS) is 22.3. The van der Waals surface area contributed by atoms with Crippen LogP contribution in [0.3, 0.4) is 0 Å². The number of nitrogens with one attached hydrogen (secondary N) is 2. The molecule has 3 nitrogen and oxygen atoms in total. The van der Waals surface area contributed by atoms with Gasteiger partial charge in [-0.25, -0.2) is 0 Å². The molecular formula is C17H26N2O. The fourth-order valence-corrected chi connectivity index (χ4v) is 3.08. The van der Waals surface area contributed by atoms with Crippen molar-refractivity contribution in [2.75, 3.05) is 11.9 Å². The van der Waals surface area contributed by atoms with E-state index in [4.69, 9.17) is 0 Å². The highest BCUT2D eigenvalue weighted by atomic mass is 16.1. The van der Waals surface area contributed by atoms with Crippen molar-refractivity contribution in [2.45, 2.75) is 52.0 Å². The maximum Gasteiger partial charge on any atom is 0.253 e. The number of para-hydroxylation sites is 1. The second kappa shape index (κ2) is 7.32. The Bertz CT molecular complexity index is 444. The van der Waals surface area contributed by atoms with Crippen molar-refractivity contribution in [1.82, 2.24) is 5.32 Å². The number of hydrogen-bond acceptors (Lipinski definition) is 2. The fourth-order valence-electron chi connectivity index (χ4n) is 3.08. The topological polar surface area (TPSA) is 41.1 Å². The molecular weight excluding hydrogens is 248 g/mol. The number of carbonyl (C=O) groups excluding carboxylic acids is 1. The summed E-state index contributed by atoms with van der Waals surface area (Å²) in [5.74, 6) is 0.835. The molecule has 2 unspecified atom stereocenters. The van der Waals surface area contributed by atoms with E-state index in [0.29, 0.717) is 6.04 Å². The summed E-state index contributed by atoms with van der Waals surface area (Å²) in [5, 5.41) is 6.47. The highest BCUT2D eigenvalue weighted by molar-refractivity contribution is 5.99. The molecule has 2 atom stereocenters. The highest BCUT2D eigenvalue weighted by Gasteiger charge is 2.23. The van der Waals surface area contributed by atoms with E-state index in [1.165, 1.54) is 19.3 Å². The molecule has 0 saturated heterocycles. The van der Waals surface area contributed by atoms with E-state index in [0.717, 1.165) is 36.6 Å². The molecule has 0 spiro atoms. The van der Waals surface area contributed by atoms with Gasteiger partial charge in [-0.15, -0.1) is 0 Å². The summed E-state index contributed by atoms with van der Waals surface area (Å²) in [6.45, 7) is 5.11. The molecule has 1 aromatic rings. The van der Waals surface area contributed by atoms with Crippen molar-refractivity contribution in [3.63, 3.8) is 0 Å². The molecule has 110 valence electrons. The first-order valence-electron chi connectivity index (χ1n) is 7.88. The number of benzene rings is 1. The van der Waals surface area contributed by atoms with E-state index in [9.17, 15) is 4.79 Å². The van der Waals surface area contributed by atoms with Crippen LogP contribution in [-0.4, -0.2) is 18.5 Å². The van der Waals surface area contributed by atoms with E-state index in [1.54, 1.807) is 0 Å². The molecule has 1 aromatic carbocycles. The number of amides is 1. The Morgan fingerprint density at radius 3 is 2.80 bits per heavy atom. The van der Waals surface area contributed by atoms with Crippen molar-refractivity contribution in [3.05, 3.63) is 29.8 Å². The SMILES string of the molecule is CCNc1ccccc1C(=O)NC1CCCC(CC)C1. The van der Waals surface area contributed by atoms with Crippen molar-refractivity contribution in [3.8, 4) is 0 Å². The van der Waals surface area contributed by atoms with Gasteiger partial charge in [-0.1, -0.05) is 38.3 Å². The zero-order chi connectivity index (χ0) is 14.4. The standard InChI is InChI=1S/C17H26N2O/c1-3-13-8-7-9-14(12-13)19-17(20)15-10-5-6-11-16(15)18-4-2/h5-6,10-11,13-14,18H,3-4,7-9,12H2,1-2H3,(H,19,20). The Kier molecular flexibility index (Phi) is 5.45. The van der Waals surface area contributed by atoms with Gasteiger partial charge in [-0.3, -0.25) is 4.79 Å². The summed E-state index contributed by atoms with van der Waals surface area (Å²) in [4.78, 5) is 12.5. The number of anilines is 1. The second-order valence-electron chi connectivity index (χ2n) is 5.69. The van der Waals surface area contributed by atoms with Crippen LogP contribution in [0, 0.1) is 5.92 Å². The van der Waals surface area contributed by atoms with E-state index in [-0.39, 0.29) is 5.91 Å². The van der Waals surface area contributed by atoms with Crippen LogP contribution in [0.1, 0.15) is 56.3 Å². The molecule has 20 heavy (non-hydrogen) atoms. The van der Waals surface area contributed by atoms with Gasteiger partial charge in [-0.2, -0.15) is 0 Å². The molecule has 2 N–H and O–H groups in total.